The van der Waals surface area contributed by atoms with Crippen LogP contribution in [0.25, 0.3) is 0 Å². The van der Waals surface area contributed by atoms with Gasteiger partial charge in [-0.05, 0) is 36.8 Å². The monoisotopic (exact) mass is 328 g/mol. The molecule has 21 heavy (non-hydrogen) atoms. The van der Waals surface area contributed by atoms with E-state index in [9.17, 15) is 12.8 Å². The van der Waals surface area contributed by atoms with Gasteiger partial charge in [0.1, 0.15) is 5.82 Å². The van der Waals surface area contributed by atoms with Crippen molar-refractivity contribution in [1.82, 2.24) is 0 Å². The molecule has 2 aromatic rings. The van der Waals surface area contributed by atoms with E-state index in [0.717, 1.165) is 5.56 Å². The van der Waals surface area contributed by atoms with Gasteiger partial charge in [-0.2, -0.15) is 0 Å². The Morgan fingerprint density at radius 3 is 2.33 bits per heavy atom. The third-order valence-corrected chi connectivity index (χ3v) is 4.28. The van der Waals surface area contributed by atoms with E-state index >= 15 is 0 Å². The van der Waals surface area contributed by atoms with Crippen molar-refractivity contribution in [3.8, 4) is 0 Å². The Bertz CT molecular complexity index is 728. The first kappa shape index (κ1) is 15.8. The molecule has 0 aliphatic rings. The van der Waals surface area contributed by atoms with Crippen LogP contribution in [0, 0.1) is 5.82 Å². The molecule has 1 atom stereocenters. The maximum Gasteiger partial charge on any atom is 0.238 e. The molecule has 0 fully saturated rings. The molecule has 4 nitrogen and oxygen atoms in total. The second kappa shape index (κ2) is 6.01. The quantitative estimate of drug-likeness (QED) is 0.904. The lowest BCUT2D eigenvalue weighted by atomic mass is 10.1. The maximum absolute atomic E-state index is 13.7. The van der Waals surface area contributed by atoms with E-state index in [1.807, 2.05) is 6.92 Å². The highest BCUT2D eigenvalue weighted by Gasteiger charge is 2.13. The van der Waals surface area contributed by atoms with Gasteiger partial charge in [0.05, 0.1) is 15.6 Å². The fourth-order valence-corrected chi connectivity index (χ4v) is 2.61. The molecular formula is C14H14ClFN2O2S. The number of sulfonamides is 1. The van der Waals surface area contributed by atoms with Crippen LogP contribution in [-0.2, 0) is 10.0 Å². The van der Waals surface area contributed by atoms with Gasteiger partial charge in [-0.1, -0.05) is 29.8 Å². The Balaban J connectivity index is 2.23. The predicted octanol–water partition coefficient (Wildman–Crippen LogP) is 3.30. The summed E-state index contributed by atoms with van der Waals surface area (Å²) in [6.07, 6.45) is 0. The van der Waals surface area contributed by atoms with Crippen molar-refractivity contribution < 1.29 is 12.8 Å². The van der Waals surface area contributed by atoms with Crippen LogP contribution in [-0.4, -0.2) is 8.42 Å². The van der Waals surface area contributed by atoms with Crippen molar-refractivity contribution >= 4 is 27.3 Å². The Morgan fingerprint density at radius 1 is 1.19 bits per heavy atom. The second-order valence-corrected chi connectivity index (χ2v) is 6.55. The number of primary sulfonamides is 1. The Kier molecular flexibility index (Phi) is 4.51. The van der Waals surface area contributed by atoms with Crippen LogP contribution >= 0.6 is 11.6 Å². The van der Waals surface area contributed by atoms with Crippen molar-refractivity contribution in [1.29, 1.82) is 0 Å². The molecule has 3 N–H and O–H groups in total. The van der Waals surface area contributed by atoms with Crippen molar-refractivity contribution in [3.05, 3.63) is 58.9 Å². The molecule has 0 saturated carbocycles. The van der Waals surface area contributed by atoms with Crippen LogP contribution in [0.2, 0.25) is 5.02 Å². The smallest absolute Gasteiger partial charge is 0.238 e. The Hall–Kier alpha value is -1.63. The van der Waals surface area contributed by atoms with E-state index in [1.165, 1.54) is 24.3 Å². The van der Waals surface area contributed by atoms with E-state index < -0.39 is 15.8 Å². The van der Waals surface area contributed by atoms with Gasteiger partial charge in [0.25, 0.3) is 0 Å². The highest BCUT2D eigenvalue weighted by atomic mass is 35.5. The number of para-hydroxylation sites is 1. The lowest BCUT2D eigenvalue weighted by Gasteiger charge is -2.17. The molecule has 0 radical (unpaired) electrons. The largest absolute Gasteiger partial charge is 0.375 e. The summed E-state index contributed by atoms with van der Waals surface area (Å²) in [5, 5.41) is 8.28. The lowest BCUT2D eigenvalue weighted by Crippen LogP contribution is -2.13. The fraction of sp³-hybridized carbons (Fsp3) is 0.143. The minimum atomic E-state index is -3.72. The van der Waals surface area contributed by atoms with E-state index in [2.05, 4.69) is 5.32 Å². The number of benzene rings is 2. The minimum Gasteiger partial charge on any atom is -0.375 e. The second-order valence-electron chi connectivity index (χ2n) is 4.58. The summed E-state index contributed by atoms with van der Waals surface area (Å²) in [6, 6.07) is 10.2. The summed E-state index contributed by atoms with van der Waals surface area (Å²) in [5.41, 5.74) is 0.990. The number of hydrogen-bond acceptors (Lipinski definition) is 3. The third kappa shape index (κ3) is 3.72. The predicted molar refractivity (Wildman–Crippen MR) is 81.3 cm³/mol. The summed E-state index contributed by atoms with van der Waals surface area (Å²) in [4.78, 5) is 0.0300. The summed E-state index contributed by atoms with van der Waals surface area (Å²) < 4.78 is 36.1. The zero-order valence-electron chi connectivity index (χ0n) is 11.2. The molecule has 0 spiro atoms. The van der Waals surface area contributed by atoms with Gasteiger partial charge in [0.15, 0.2) is 0 Å². The minimum absolute atomic E-state index is 0.0300. The summed E-state index contributed by atoms with van der Waals surface area (Å²) in [7, 11) is -3.72. The summed E-state index contributed by atoms with van der Waals surface area (Å²) in [6.45, 7) is 1.81. The lowest BCUT2D eigenvalue weighted by molar-refractivity contribution is 0.597. The highest BCUT2D eigenvalue weighted by molar-refractivity contribution is 7.89. The summed E-state index contributed by atoms with van der Waals surface area (Å²) in [5.74, 6) is -0.449. The molecule has 0 heterocycles. The van der Waals surface area contributed by atoms with Crippen molar-refractivity contribution in [3.63, 3.8) is 0 Å². The molecular weight excluding hydrogens is 315 g/mol. The van der Waals surface area contributed by atoms with Crippen LogP contribution in [0.3, 0.4) is 0 Å². The zero-order valence-corrected chi connectivity index (χ0v) is 12.7. The number of nitrogens with two attached hydrogens (primary N) is 1. The third-order valence-electron chi connectivity index (χ3n) is 3.03. The first-order valence-corrected chi connectivity index (χ1v) is 8.05. The van der Waals surface area contributed by atoms with Gasteiger partial charge in [-0.25, -0.2) is 17.9 Å². The van der Waals surface area contributed by atoms with E-state index in [4.69, 9.17) is 16.7 Å². The fourth-order valence-electron chi connectivity index (χ4n) is 1.88. The molecule has 0 saturated heterocycles. The molecule has 0 bridgehead atoms. The summed E-state index contributed by atoms with van der Waals surface area (Å²) >= 11 is 5.95. The van der Waals surface area contributed by atoms with Crippen LogP contribution in [0.5, 0.6) is 0 Å². The number of rotatable bonds is 4. The van der Waals surface area contributed by atoms with Crippen LogP contribution in [0.1, 0.15) is 18.5 Å². The Morgan fingerprint density at radius 2 is 1.81 bits per heavy atom. The van der Waals surface area contributed by atoms with Crippen molar-refractivity contribution in [2.45, 2.75) is 17.9 Å². The van der Waals surface area contributed by atoms with Gasteiger partial charge in [0.2, 0.25) is 10.0 Å². The first-order chi connectivity index (χ1) is 9.79. The van der Waals surface area contributed by atoms with Crippen molar-refractivity contribution in [2.24, 2.45) is 5.14 Å². The number of hydrogen-bond donors (Lipinski definition) is 2. The average Bonchev–Trinajstić information content (AvgIpc) is 2.42. The standard InChI is InChI=1S/C14H14ClFN2O2S/c1-9(18-14-12(15)3-2-4-13(14)16)10-5-7-11(8-6-10)21(17,19)20/h2-9,18H,1H3,(H2,17,19,20). The number of halogens is 2. The molecule has 0 aromatic heterocycles. The normalized spacial score (nSPS) is 13.0. The van der Waals surface area contributed by atoms with Crippen LogP contribution in [0.15, 0.2) is 47.4 Å². The van der Waals surface area contributed by atoms with Gasteiger partial charge < -0.3 is 5.32 Å². The molecule has 1 unspecified atom stereocenters. The average molecular weight is 329 g/mol. The zero-order chi connectivity index (χ0) is 15.6. The van der Waals surface area contributed by atoms with Gasteiger partial charge in [0, 0.05) is 6.04 Å². The number of nitrogens with one attached hydrogen (secondary N) is 1. The Labute approximate surface area is 127 Å². The molecule has 0 aliphatic heterocycles. The molecule has 7 heteroatoms. The topological polar surface area (TPSA) is 72.2 Å². The van der Waals surface area contributed by atoms with E-state index in [-0.39, 0.29) is 21.6 Å². The molecule has 112 valence electrons. The first-order valence-electron chi connectivity index (χ1n) is 6.12. The SMILES string of the molecule is CC(Nc1c(F)cccc1Cl)c1ccc(S(N)(=O)=O)cc1. The van der Waals surface area contributed by atoms with Crippen molar-refractivity contribution in [2.75, 3.05) is 5.32 Å². The van der Waals surface area contributed by atoms with Gasteiger partial charge in [-0.15, -0.1) is 0 Å². The molecule has 2 rings (SSSR count). The number of anilines is 1. The van der Waals surface area contributed by atoms with Crippen LogP contribution < -0.4 is 10.5 Å². The highest BCUT2D eigenvalue weighted by Crippen LogP contribution is 2.28. The molecule has 0 aliphatic carbocycles. The van der Waals surface area contributed by atoms with E-state index in [1.54, 1.807) is 18.2 Å². The van der Waals surface area contributed by atoms with Gasteiger partial charge in [-0.3, -0.25) is 0 Å². The molecule has 0 amide bonds. The maximum atomic E-state index is 13.7. The molecule has 2 aromatic carbocycles. The van der Waals surface area contributed by atoms with Crippen LogP contribution in [0.4, 0.5) is 10.1 Å². The van der Waals surface area contributed by atoms with Gasteiger partial charge >= 0.3 is 0 Å². The van der Waals surface area contributed by atoms with E-state index in [0.29, 0.717) is 0 Å².